The number of hydrogen-bond acceptors (Lipinski definition) is 6. The van der Waals surface area contributed by atoms with E-state index in [0.717, 1.165) is 13.1 Å². The number of piperidine rings is 3. The predicted octanol–water partition coefficient (Wildman–Crippen LogP) is 3.05. The molecule has 0 aliphatic carbocycles. The lowest BCUT2D eigenvalue weighted by molar-refractivity contribution is 0.0218. The summed E-state index contributed by atoms with van der Waals surface area (Å²) in [6.07, 6.45) is 4.16. The second kappa shape index (κ2) is 6.22. The zero-order valence-electron chi connectivity index (χ0n) is 13.8. The van der Waals surface area contributed by atoms with Crippen molar-refractivity contribution in [2.45, 2.75) is 38.8 Å². The van der Waals surface area contributed by atoms with Gasteiger partial charge >= 0.3 is 6.08 Å². The lowest BCUT2D eigenvalue weighted by Crippen LogP contribution is -2.62. The highest BCUT2D eigenvalue weighted by Crippen LogP contribution is 2.33. The van der Waals surface area contributed by atoms with Crippen molar-refractivity contribution in [2.24, 2.45) is 5.92 Å². The van der Waals surface area contributed by atoms with E-state index in [2.05, 4.69) is 22.1 Å². The van der Waals surface area contributed by atoms with Gasteiger partial charge in [-0.1, -0.05) is 11.3 Å². The summed E-state index contributed by atoms with van der Waals surface area (Å²) in [4.78, 5) is 19.7. The minimum Gasteiger partial charge on any atom is -0.414 e. The maximum Gasteiger partial charge on any atom is 0.400 e. The van der Waals surface area contributed by atoms with E-state index < -0.39 is 0 Å². The van der Waals surface area contributed by atoms with Crippen LogP contribution < -0.4 is 10.1 Å². The van der Waals surface area contributed by atoms with Gasteiger partial charge in [0, 0.05) is 12.1 Å². The second-order valence-electron chi connectivity index (χ2n) is 6.57. The Morgan fingerprint density at radius 3 is 2.88 bits per heavy atom. The Balaban J connectivity index is 1.41. The van der Waals surface area contributed by atoms with Crippen molar-refractivity contribution in [1.29, 1.82) is 0 Å². The average molecular weight is 347 g/mol. The van der Waals surface area contributed by atoms with Crippen LogP contribution in [0.25, 0.3) is 0 Å². The molecule has 3 aliphatic rings. The molecule has 2 bridgehead atoms. The molecule has 1 N–H and O–H groups in total. The van der Waals surface area contributed by atoms with Gasteiger partial charge in [0.05, 0.1) is 11.1 Å². The zero-order chi connectivity index (χ0) is 16.7. The van der Waals surface area contributed by atoms with Crippen molar-refractivity contribution in [3.8, 4) is 11.1 Å². The van der Waals surface area contributed by atoms with Crippen molar-refractivity contribution in [3.05, 3.63) is 29.0 Å². The van der Waals surface area contributed by atoms with Crippen LogP contribution >= 0.6 is 11.3 Å². The minimum atomic E-state index is -0.0240. The first-order valence-electron chi connectivity index (χ1n) is 8.35. The van der Waals surface area contributed by atoms with E-state index in [1.165, 1.54) is 24.2 Å². The molecule has 3 saturated heterocycles. The van der Waals surface area contributed by atoms with Gasteiger partial charge in [0.2, 0.25) is 0 Å². The molecular weight excluding hydrogens is 326 g/mol. The molecule has 128 valence electrons. The van der Waals surface area contributed by atoms with Gasteiger partial charge in [0.25, 0.3) is 5.91 Å². The Labute approximate surface area is 144 Å². The highest BCUT2D eigenvalue weighted by atomic mass is 32.1. The van der Waals surface area contributed by atoms with Crippen LogP contribution in [-0.4, -0.2) is 41.0 Å². The molecule has 2 atom stereocenters. The standard InChI is InChI=1S/C17H21N3O3S/c1-10-9-18-17(22-10)23-14-4-3-13(24-14)16(21)19-15-11(2)20-7-5-12(15)6-8-20/h3-4,9,11-12,15H,5-8H2,1-2H3,(H,19,21). The first-order valence-corrected chi connectivity index (χ1v) is 9.17. The van der Waals surface area contributed by atoms with Gasteiger partial charge in [-0.3, -0.25) is 9.69 Å². The summed E-state index contributed by atoms with van der Waals surface area (Å²) in [6.45, 7) is 6.34. The van der Waals surface area contributed by atoms with Gasteiger partial charge in [0.15, 0.2) is 5.06 Å². The van der Waals surface area contributed by atoms with E-state index in [4.69, 9.17) is 9.15 Å². The number of rotatable bonds is 4. The number of fused-ring (bicyclic) bond motifs is 3. The molecular formula is C17H21N3O3S. The third kappa shape index (κ3) is 2.93. The van der Waals surface area contributed by atoms with E-state index in [1.807, 2.05) is 6.92 Å². The third-order valence-electron chi connectivity index (χ3n) is 5.07. The number of nitrogens with one attached hydrogen (secondary N) is 1. The average Bonchev–Trinajstić information content (AvgIpc) is 3.21. The molecule has 1 amide bonds. The summed E-state index contributed by atoms with van der Waals surface area (Å²) in [5.74, 6) is 1.26. The van der Waals surface area contributed by atoms with Crippen molar-refractivity contribution >= 4 is 17.2 Å². The van der Waals surface area contributed by atoms with Gasteiger partial charge in [-0.25, -0.2) is 0 Å². The van der Waals surface area contributed by atoms with Crippen LogP contribution in [0.5, 0.6) is 11.1 Å². The number of oxazole rings is 1. The minimum absolute atomic E-state index is 0.0240. The molecule has 0 spiro atoms. The number of hydrogen-bond donors (Lipinski definition) is 1. The molecule has 0 saturated carbocycles. The monoisotopic (exact) mass is 347 g/mol. The highest BCUT2D eigenvalue weighted by molar-refractivity contribution is 7.15. The number of carbonyl (C=O) groups excluding carboxylic acids is 1. The maximum atomic E-state index is 12.6. The molecule has 5 heterocycles. The fraction of sp³-hybridized carbons (Fsp3) is 0.529. The summed E-state index contributed by atoms with van der Waals surface area (Å²) in [6, 6.07) is 4.21. The van der Waals surface area contributed by atoms with Gasteiger partial charge in [-0.15, -0.1) is 0 Å². The number of nitrogens with zero attached hydrogens (tertiary/aromatic N) is 2. The van der Waals surface area contributed by atoms with Crippen LogP contribution in [0.15, 0.2) is 22.7 Å². The Bertz CT molecular complexity index is 731. The second-order valence-corrected chi connectivity index (χ2v) is 7.62. The topological polar surface area (TPSA) is 67.6 Å². The fourth-order valence-corrected chi connectivity index (χ4v) is 4.49. The van der Waals surface area contributed by atoms with Crippen molar-refractivity contribution < 1.29 is 13.9 Å². The molecule has 7 heteroatoms. The summed E-state index contributed by atoms with van der Waals surface area (Å²) in [5, 5.41) is 3.83. The lowest BCUT2D eigenvalue weighted by atomic mass is 9.79. The van der Waals surface area contributed by atoms with Crippen molar-refractivity contribution in [3.63, 3.8) is 0 Å². The Morgan fingerprint density at radius 2 is 2.21 bits per heavy atom. The number of ether oxygens (including phenoxy) is 1. The number of amides is 1. The Kier molecular flexibility index (Phi) is 4.05. The van der Waals surface area contributed by atoms with Gasteiger partial charge in [-0.2, -0.15) is 4.98 Å². The molecule has 24 heavy (non-hydrogen) atoms. The summed E-state index contributed by atoms with van der Waals surface area (Å²) in [5.41, 5.74) is 0. The summed E-state index contributed by atoms with van der Waals surface area (Å²) in [7, 11) is 0. The van der Waals surface area contributed by atoms with E-state index >= 15 is 0 Å². The summed E-state index contributed by atoms with van der Waals surface area (Å²) >= 11 is 1.31. The molecule has 3 aliphatic heterocycles. The SMILES string of the molecule is Cc1cnc(Oc2ccc(C(=O)NC3C4CCN(CC4)C3C)s2)o1. The van der Waals surface area contributed by atoms with Crippen LogP contribution in [0, 0.1) is 12.8 Å². The van der Waals surface area contributed by atoms with Crippen LogP contribution in [0.4, 0.5) is 0 Å². The van der Waals surface area contributed by atoms with Crippen LogP contribution in [0.1, 0.15) is 35.2 Å². The fourth-order valence-electron chi connectivity index (χ4n) is 3.73. The quantitative estimate of drug-likeness (QED) is 0.921. The third-order valence-corrected chi connectivity index (χ3v) is 6.03. The molecule has 3 fully saturated rings. The van der Waals surface area contributed by atoms with Gasteiger partial charge in [0.1, 0.15) is 5.76 Å². The Morgan fingerprint density at radius 1 is 1.42 bits per heavy atom. The first-order chi connectivity index (χ1) is 11.6. The molecule has 2 aromatic heterocycles. The zero-order valence-corrected chi connectivity index (χ0v) is 14.6. The lowest BCUT2D eigenvalue weighted by Gasteiger charge is -2.49. The van der Waals surface area contributed by atoms with Crippen LogP contribution in [0.3, 0.4) is 0 Å². The largest absolute Gasteiger partial charge is 0.414 e. The van der Waals surface area contributed by atoms with E-state index in [1.54, 1.807) is 18.3 Å². The molecule has 2 aromatic rings. The molecule has 0 aromatic carbocycles. The number of aryl methyl sites for hydroxylation is 1. The smallest absolute Gasteiger partial charge is 0.400 e. The van der Waals surface area contributed by atoms with Crippen molar-refractivity contribution in [1.82, 2.24) is 15.2 Å². The molecule has 5 rings (SSSR count). The summed E-state index contributed by atoms with van der Waals surface area (Å²) < 4.78 is 10.8. The number of thiophene rings is 1. The normalized spacial score (nSPS) is 28.8. The Hall–Kier alpha value is -1.86. The number of carbonyl (C=O) groups is 1. The van der Waals surface area contributed by atoms with Gasteiger partial charge in [-0.05, 0) is 57.8 Å². The van der Waals surface area contributed by atoms with Crippen LogP contribution in [0.2, 0.25) is 0 Å². The molecule has 0 radical (unpaired) electrons. The first kappa shape index (κ1) is 15.7. The van der Waals surface area contributed by atoms with Crippen LogP contribution in [-0.2, 0) is 0 Å². The predicted molar refractivity (Wildman–Crippen MR) is 90.6 cm³/mol. The van der Waals surface area contributed by atoms with E-state index in [9.17, 15) is 4.79 Å². The molecule has 6 nitrogen and oxygen atoms in total. The number of aromatic nitrogens is 1. The van der Waals surface area contributed by atoms with Gasteiger partial charge < -0.3 is 14.5 Å². The maximum absolute atomic E-state index is 12.6. The highest BCUT2D eigenvalue weighted by Gasteiger charge is 2.40. The van der Waals surface area contributed by atoms with Crippen molar-refractivity contribution in [2.75, 3.05) is 13.1 Å². The van der Waals surface area contributed by atoms with E-state index in [-0.39, 0.29) is 18.0 Å². The van der Waals surface area contributed by atoms with E-state index in [0.29, 0.717) is 27.7 Å². The molecule has 2 unspecified atom stereocenters.